The Kier molecular flexibility index (Phi) is 13.0. The van der Waals surface area contributed by atoms with Gasteiger partial charge in [-0.3, -0.25) is 33.4 Å². The quantitative estimate of drug-likeness (QED) is 0.0923. The number of aromatic nitrogens is 3. The molecule has 3 aromatic rings. The van der Waals surface area contributed by atoms with Gasteiger partial charge in [-0.25, -0.2) is 13.6 Å². The lowest BCUT2D eigenvalue weighted by Crippen LogP contribution is -2.50. The molecule has 0 bridgehead atoms. The number of carbonyl (C=O) groups excluding carboxylic acids is 3. The maximum absolute atomic E-state index is 14.3. The first kappa shape index (κ1) is 41.3. The third kappa shape index (κ3) is 9.76. The molecule has 6 atom stereocenters. The number of phosphoric ester groups is 1. The standard InChI is InChI=1S/C31H40N6O14P2/c1-18(2)28(38)48-25-24(22-12-13-23-27(33)36(16-34-37(22)23)17-47-53(42,43)44)50-31(14-32,26(25)49-29(39)19(3)4)15-46-52(41,35-20(5)30(40)45-6)51-21-10-8-7-9-11-21/h7-13,16,18-20,24-26,33H,15,17H2,1-6H3,(H,35,41)(H2,42,43,44)/t20-,24-,25-,26-,31+,52?/m0/s1. The highest BCUT2D eigenvalue weighted by Gasteiger charge is 2.62. The van der Waals surface area contributed by atoms with E-state index in [1.165, 1.54) is 49.6 Å². The number of rotatable bonds is 16. The monoisotopic (exact) mass is 782 g/mol. The number of nitriles is 1. The number of hydrogen-bond donors (Lipinski definition) is 4. The van der Waals surface area contributed by atoms with Crippen molar-refractivity contribution in [1.82, 2.24) is 19.3 Å². The number of nitrogens with zero attached hydrogens (tertiary/aromatic N) is 4. The highest BCUT2D eigenvalue weighted by molar-refractivity contribution is 7.52. The van der Waals surface area contributed by atoms with E-state index >= 15 is 0 Å². The third-order valence-corrected chi connectivity index (χ3v) is 9.80. The van der Waals surface area contributed by atoms with Crippen LogP contribution in [-0.2, 0) is 58.2 Å². The number of para-hydroxylation sites is 1. The first-order valence-corrected chi connectivity index (χ1v) is 19.1. The van der Waals surface area contributed by atoms with Crippen molar-refractivity contribution in [3.8, 4) is 11.8 Å². The Bertz CT molecular complexity index is 2010. The number of carbonyl (C=O) groups is 3. The average molecular weight is 783 g/mol. The molecule has 1 aliphatic rings. The molecule has 0 radical (unpaired) electrons. The smallest absolute Gasteiger partial charge is 0.468 e. The number of hydrogen-bond acceptors (Lipinski definition) is 15. The van der Waals surface area contributed by atoms with Gasteiger partial charge in [0.25, 0.3) is 0 Å². The van der Waals surface area contributed by atoms with Crippen LogP contribution in [0.5, 0.6) is 5.75 Å². The summed E-state index contributed by atoms with van der Waals surface area (Å²) < 4.78 is 66.4. The SMILES string of the molecule is COC(=O)[C@H](C)NP(=O)(OC[C@@]1(C#N)O[C@@H](c2ccc3c(=N)n(COP(=O)(O)O)cnn23)[C@H](OC(=O)C(C)C)[C@@H]1OC(=O)C(C)C)Oc1ccccc1. The van der Waals surface area contributed by atoms with E-state index in [2.05, 4.69) is 14.7 Å². The molecule has 0 saturated carbocycles. The number of benzene rings is 1. The molecule has 4 rings (SSSR count). The minimum atomic E-state index is -4.90. The van der Waals surface area contributed by atoms with Gasteiger partial charge in [0.15, 0.2) is 17.7 Å². The summed E-state index contributed by atoms with van der Waals surface area (Å²) in [6.07, 6.45) is -3.71. The van der Waals surface area contributed by atoms with E-state index in [1.54, 1.807) is 32.0 Å². The van der Waals surface area contributed by atoms with Crippen LogP contribution in [0.3, 0.4) is 0 Å². The summed E-state index contributed by atoms with van der Waals surface area (Å²) in [4.78, 5) is 56.8. The fourth-order valence-corrected chi connectivity index (χ4v) is 6.74. The molecule has 53 heavy (non-hydrogen) atoms. The number of methoxy groups -OCH3 is 1. The van der Waals surface area contributed by atoms with Crippen molar-refractivity contribution in [2.24, 2.45) is 11.8 Å². The highest BCUT2D eigenvalue weighted by atomic mass is 31.2. The first-order chi connectivity index (χ1) is 24.8. The van der Waals surface area contributed by atoms with Crippen molar-refractivity contribution in [2.45, 2.75) is 71.3 Å². The Hall–Kier alpha value is -4.44. The minimum absolute atomic E-state index is 0.0588. The van der Waals surface area contributed by atoms with Crippen LogP contribution in [-0.4, -0.2) is 79.4 Å². The molecule has 20 nitrogen and oxygen atoms in total. The molecule has 2 aromatic heterocycles. The van der Waals surface area contributed by atoms with E-state index in [9.17, 15) is 28.8 Å². The fraction of sp³-hybridized carbons (Fsp3) is 0.484. The average Bonchev–Trinajstić information content (AvgIpc) is 3.66. The number of esters is 3. The van der Waals surface area contributed by atoms with E-state index in [4.69, 9.17) is 43.2 Å². The molecular formula is C31H40N6O14P2. The molecule has 1 saturated heterocycles. The highest BCUT2D eigenvalue weighted by Crippen LogP contribution is 2.50. The lowest BCUT2D eigenvalue weighted by atomic mass is 9.95. The van der Waals surface area contributed by atoms with Crippen molar-refractivity contribution < 1.29 is 65.8 Å². The van der Waals surface area contributed by atoms with E-state index in [-0.39, 0.29) is 22.4 Å². The summed E-state index contributed by atoms with van der Waals surface area (Å²) in [5.74, 6) is -3.79. The van der Waals surface area contributed by atoms with Gasteiger partial charge < -0.3 is 33.3 Å². The number of ether oxygens (including phenoxy) is 4. The van der Waals surface area contributed by atoms with Gasteiger partial charge in [-0.1, -0.05) is 45.9 Å². The molecule has 0 aliphatic carbocycles. The summed E-state index contributed by atoms with van der Waals surface area (Å²) in [6, 6.07) is 11.3. The molecule has 1 unspecified atom stereocenters. The largest absolute Gasteiger partial charge is 0.471 e. The Morgan fingerprint density at radius 3 is 2.25 bits per heavy atom. The van der Waals surface area contributed by atoms with Gasteiger partial charge in [-0.15, -0.1) is 0 Å². The van der Waals surface area contributed by atoms with E-state index in [0.29, 0.717) is 0 Å². The lowest BCUT2D eigenvalue weighted by molar-refractivity contribution is -0.173. The van der Waals surface area contributed by atoms with Crippen LogP contribution in [0.1, 0.15) is 46.4 Å². The van der Waals surface area contributed by atoms with Crippen molar-refractivity contribution >= 4 is 39.0 Å². The second-order valence-electron chi connectivity index (χ2n) is 12.4. The van der Waals surface area contributed by atoms with Crippen molar-refractivity contribution in [1.29, 1.82) is 10.7 Å². The second kappa shape index (κ2) is 16.7. The van der Waals surface area contributed by atoms with Gasteiger partial charge in [0.05, 0.1) is 24.6 Å². The van der Waals surface area contributed by atoms with Gasteiger partial charge in [0.2, 0.25) is 5.60 Å². The van der Waals surface area contributed by atoms with Crippen molar-refractivity contribution in [3.05, 3.63) is 60.0 Å². The number of fused-ring (bicyclic) bond motifs is 1. The normalized spacial score (nSPS) is 21.9. The minimum Gasteiger partial charge on any atom is -0.468 e. The first-order valence-electron chi connectivity index (χ1n) is 16.0. The zero-order valence-corrected chi connectivity index (χ0v) is 31.3. The summed E-state index contributed by atoms with van der Waals surface area (Å²) in [7, 11) is -8.39. The van der Waals surface area contributed by atoms with Crippen LogP contribution < -0.4 is 15.1 Å². The maximum Gasteiger partial charge on any atom is 0.471 e. The van der Waals surface area contributed by atoms with Gasteiger partial charge in [-0.05, 0) is 31.2 Å². The van der Waals surface area contributed by atoms with Crippen LogP contribution >= 0.6 is 15.6 Å². The Morgan fingerprint density at radius 2 is 1.66 bits per heavy atom. The Labute approximate surface area is 303 Å². The maximum atomic E-state index is 14.3. The molecule has 1 aromatic carbocycles. The molecule has 0 spiro atoms. The third-order valence-electron chi connectivity index (χ3n) is 7.72. The predicted octanol–water partition coefficient (Wildman–Crippen LogP) is 2.51. The fourth-order valence-electron chi connectivity index (χ4n) is 4.95. The van der Waals surface area contributed by atoms with E-state index in [1.807, 2.05) is 6.07 Å². The van der Waals surface area contributed by atoms with Gasteiger partial charge in [0, 0.05) is 0 Å². The molecule has 4 N–H and O–H groups in total. The summed E-state index contributed by atoms with van der Waals surface area (Å²) in [5, 5.41) is 26.1. The van der Waals surface area contributed by atoms with Gasteiger partial charge in [0.1, 0.15) is 49.1 Å². The Balaban J connectivity index is 1.83. The van der Waals surface area contributed by atoms with Crippen LogP contribution in [0.25, 0.3) is 5.52 Å². The van der Waals surface area contributed by atoms with Crippen LogP contribution in [0, 0.1) is 28.6 Å². The molecular weight excluding hydrogens is 742 g/mol. The molecule has 288 valence electrons. The molecule has 22 heteroatoms. The molecule has 3 heterocycles. The molecule has 0 amide bonds. The topological polar surface area (TPSA) is 272 Å². The van der Waals surface area contributed by atoms with Crippen LogP contribution in [0.2, 0.25) is 0 Å². The Morgan fingerprint density at radius 1 is 1.02 bits per heavy atom. The lowest BCUT2D eigenvalue weighted by Gasteiger charge is -2.31. The zero-order chi connectivity index (χ0) is 39.3. The van der Waals surface area contributed by atoms with Crippen molar-refractivity contribution in [2.75, 3.05) is 13.7 Å². The van der Waals surface area contributed by atoms with Crippen LogP contribution in [0.4, 0.5) is 0 Å². The zero-order valence-electron chi connectivity index (χ0n) is 29.5. The van der Waals surface area contributed by atoms with Gasteiger partial charge >= 0.3 is 33.5 Å². The summed E-state index contributed by atoms with van der Waals surface area (Å²) in [5.41, 5.74) is -2.53. The summed E-state index contributed by atoms with van der Waals surface area (Å²) in [6.45, 7) is 5.82. The van der Waals surface area contributed by atoms with E-state index in [0.717, 1.165) is 18.0 Å². The molecule has 1 aliphatic heterocycles. The second-order valence-corrected chi connectivity index (χ2v) is 15.3. The van der Waals surface area contributed by atoms with E-state index < -0.39 is 88.6 Å². The summed E-state index contributed by atoms with van der Waals surface area (Å²) >= 11 is 0. The van der Waals surface area contributed by atoms with Crippen LogP contribution in [0.15, 0.2) is 48.8 Å². The van der Waals surface area contributed by atoms with Gasteiger partial charge in [-0.2, -0.15) is 15.4 Å². The number of phosphoric acid groups is 1. The molecule has 1 fully saturated rings. The predicted molar refractivity (Wildman–Crippen MR) is 179 cm³/mol. The van der Waals surface area contributed by atoms with Crippen molar-refractivity contribution in [3.63, 3.8) is 0 Å². The number of nitrogens with one attached hydrogen (secondary N) is 2.